The first-order chi connectivity index (χ1) is 15.8. The number of nitrogens with zero attached hydrogens (tertiary/aromatic N) is 4. The SMILES string of the molecule is Cc1nc2ccc(Br)cc2c(=O)n1N=Cc1cc([N+](=O)[O-])ccc1OCc1ccccc1Cl. The van der Waals surface area contributed by atoms with Gasteiger partial charge < -0.3 is 4.74 Å². The number of hydrogen-bond acceptors (Lipinski definition) is 6. The number of hydrogen-bond donors (Lipinski definition) is 0. The maximum absolute atomic E-state index is 13.0. The third kappa shape index (κ3) is 4.94. The van der Waals surface area contributed by atoms with Crippen molar-refractivity contribution < 1.29 is 9.66 Å². The summed E-state index contributed by atoms with van der Waals surface area (Å²) in [4.78, 5) is 28.2. The number of halogens is 2. The van der Waals surface area contributed by atoms with Gasteiger partial charge in [-0.2, -0.15) is 9.78 Å². The highest BCUT2D eigenvalue weighted by Gasteiger charge is 2.13. The minimum absolute atomic E-state index is 0.133. The molecule has 0 aliphatic carbocycles. The summed E-state index contributed by atoms with van der Waals surface area (Å²) in [5.41, 5.74) is 1.14. The van der Waals surface area contributed by atoms with Crippen molar-refractivity contribution in [2.24, 2.45) is 5.10 Å². The summed E-state index contributed by atoms with van der Waals surface area (Å²) in [7, 11) is 0. The first-order valence-corrected chi connectivity index (χ1v) is 10.9. The van der Waals surface area contributed by atoms with Gasteiger partial charge in [-0.25, -0.2) is 4.98 Å². The summed E-state index contributed by atoms with van der Waals surface area (Å²) in [6, 6.07) is 16.6. The molecule has 3 aromatic carbocycles. The lowest BCUT2D eigenvalue weighted by Gasteiger charge is -2.11. The number of benzene rings is 3. The molecule has 0 saturated carbocycles. The molecule has 4 rings (SSSR count). The van der Waals surface area contributed by atoms with Gasteiger partial charge in [0.15, 0.2) is 0 Å². The molecule has 0 saturated heterocycles. The Morgan fingerprint density at radius 3 is 2.76 bits per heavy atom. The third-order valence-electron chi connectivity index (χ3n) is 4.83. The minimum Gasteiger partial charge on any atom is -0.488 e. The number of fused-ring (bicyclic) bond motifs is 1. The van der Waals surface area contributed by atoms with Crippen LogP contribution in [0.2, 0.25) is 5.02 Å². The first kappa shape index (κ1) is 22.6. The maximum atomic E-state index is 13.0. The lowest BCUT2D eigenvalue weighted by atomic mass is 10.2. The van der Waals surface area contributed by atoms with Crippen molar-refractivity contribution >= 4 is 50.3 Å². The summed E-state index contributed by atoms with van der Waals surface area (Å²) in [6.45, 7) is 1.81. The lowest BCUT2D eigenvalue weighted by Crippen LogP contribution is -2.20. The minimum atomic E-state index is -0.512. The van der Waals surface area contributed by atoms with Gasteiger partial charge in [-0.1, -0.05) is 45.7 Å². The van der Waals surface area contributed by atoms with Crippen LogP contribution in [0.25, 0.3) is 10.9 Å². The van der Waals surface area contributed by atoms with E-state index in [0.29, 0.717) is 33.1 Å². The molecule has 10 heteroatoms. The van der Waals surface area contributed by atoms with Gasteiger partial charge in [-0.15, -0.1) is 0 Å². The van der Waals surface area contributed by atoms with Gasteiger partial charge in [-0.05, 0) is 37.3 Å². The molecule has 4 aromatic rings. The van der Waals surface area contributed by atoms with Crippen LogP contribution in [0.4, 0.5) is 5.69 Å². The fourth-order valence-corrected chi connectivity index (χ4v) is 3.72. The highest BCUT2D eigenvalue weighted by atomic mass is 79.9. The Morgan fingerprint density at radius 1 is 1.21 bits per heavy atom. The monoisotopic (exact) mass is 526 g/mol. The summed E-state index contributed by atoms with van der Waals surface area (Å²) < 4.78 is 7.75. The van der Waals surface area contributed by atoms with Gasteiger partial charge in [0, 0.05) is 32.8 Å². The Labute approximate surface area is 201 Å². The Hall–Kier alpha value is -3.56. The number of nitro benzene ring substituents is 1. The van der Waals surface area contributed by atoms with Gasteiger partial charge in [0.25, 0.3) is 11.2 Å². The average Bonchev–Trinajstić information content (AvgIpc) is 2.79. The zero-order valence-electron chi connectivity index (χ0n) is 17.2. The van der Waals surface area contributed by atoms with Crippen LogP contribution in [0.5, 0.6) is 5.75 Å². The van der Waals surface area contributed by atoms with E-state index >= 15 is 0 Å². The molecule has 0 N–H and O–H groups in total. The van der Waals surface area contributed by atoms with Crippen LogP contribution in [0.1, 0.15) is 17.0 Å². The second-order valence-corrected chi connectivity index (χ2v) is 8.36. The normalized spacial score (nSPS) is 11.2. The van der Waals surface area contributed by atoms with Gasteiger partial charge in [-0.3, -0.25) is 14.9 Å². The van der Waals surface area contributed by atoms with Crippen LogP contribution in [-0.2, 0) is 6.61 Å². The highest BCUT2D eigenvalue weighted by molar-refractivity contribution is 9.10. The molecule has 0 spiro atoms. The maximum Gasteiger partial charge on any atom is 0.282 e. The fourth-order valence-electron chi connectivity index (χ4n) is 3.17. The summed E-state index contributed by atoms with van der Waals surface area (Å²) in [5.74, 6) is 0.724. The zero-order valence-corrected chi connectivity index (χ0v) is 19.6. The highest BCUT2D eigenvalue weighted by Crippen LogP contribution is 2.25. The molecule has 166 valence electrons. The van der Waals surface area contributed by atoms with Crippen LogP contribution >= 0.6 is 27.5 Å². The molecule has 0 aliphatic heterocycles. The molecule has 0 radical (unpaired) electrons. The van der Waals surface area contributed by atoms with Gasteiger partial charge in [0.2, 0.25) is 0 Å². The molecular formula is C23H16BrClN4O4. The van der Waals surface area contributed by atoms with E-state index in [-0.39, 0.29) is 17.9 Å². The Morgan fingerprint density at radius 2 is 2.00 bits per heavy atom. The van der Waals surface area contributed by atoms with Crippen molar-refractivity contribution in [2.75, 3.05) is 0 Å². The number of aromatic nitrogens is 2. The van der Waals surface area contributed by atoms with Crippen LogP contribution in [0.15, 0.2) is 75.0 Å². The van der Waals surface area contributed by atoms with Crippen molar-refractivity contribution in [2.45, 2.75) is 13.5 Å². The van der Waals surface area contributed by atoms with E-state index in [2.05, 4.69) is 26.0 Å². The van der Waals surface area contributed by atoms with E-state index in [0.717, 1.165) is 14.7 Å². The second kappa shape index (κ2) is 9.51. The molecular weight excluding hydrogens is 512 g/mol. The number of rotatable bonds is 6. The summed E-state index contributed by atoms with van der Waals surface area (Å²) >= 11 is 9.54. The number of ether oxygens (including phenoxy) is 1. The van der Waals surface area contributed by atoms with E-state index in [9.17, 15) is 14.9 Å². The first-order valence-electron chi connectivity index (χ1n) is 9.71. The quantitative estimate of drug-likeness (QED) is 0.187. The topological polar surface area (TPSA) is 99.6 Å². The van der Waals surface area contributed by atoms with Crippen LogP contribution in [0, 0.1) is 17.0 Å². The lowest BCUT2D eigenvalue weighted by molar-refractivity contribution is -0.384. The Balaban J connectivity index is 1.73. The smallest absolute Gasteiger partial charge is 0.282 e. The van der Waals surface area contributed by atoms with Gasteiger partial charge in [0.05, 0.1) is 22.0 Å². The molecule has 1 aromatic heterocycles. The molecule has 8 nitrogen and oxygen atoms in total. The van der Waals surface area contributed by atoms with E-state index in [1.54, 1.807) is 31.2 Å². The van der Waals surface area contributed by atoms with Crippen molar-refractivity contribution in [1.29, 1.82) is 0 Å². The summed E-state index contributed by atoms with van der Waals surface area (Å²) in [6.07, 6.45) is 1.34. The summed E-state index contributed by atoms with van der Waals surface area (Å²) in [5, 5.41) is 16.5. The second-order valence-electron chi connectivity index (χ2n) is 7.04. The Kier molecular flexibility index (Phi) is 6.52. The molecule has 0 atom stereocenters. The van der Waals surface area contributed by atoms with Crippen LogP contribution in [-0.4, -0.2) is 20.8 Å². The standard InChI is InChI=1S/C23H16BrClN4O4/c1-14-27-21-8-6-17(24)11-19(21)23(30)28(14)26-12-16-10-18(29(31)32)7-9-22(16)33-13-15-4-2-3-5-20(15)25/h2-12H,13H2,1H3. The van der Waals surface area contributed by atoms with Crippen molar-refractivity contribution in [3.8, 4) is 5.75 Å². The molecule has 0 bridgehead atoms. The molecule has 1 heterocycles. The van der Waals surface area contributed by atoms with Gasteiger partial charge >= 0.3 is 0 Å². The Bertz CT molecular complexity index is 1470. The third-order valence-corrected chi connectivity index (χ3v) is 5.69. The molecule has 0 unspecified atom stereocenters. The van der Waals surface area contributed by atoms with E-state index in [4.69, 9.17) is 16.3 Å². The van der Waals surface area contributed by atoms with Crippen molar-refractivity contribution in [1.82, 2.24) is 9.66 Å². The molecule has 0 amide bonds. The van der Waals surface area contributed by atoms with E-state index in [1.165, 1.54) is 24.4 Å². The predicted octanol–water partition coefficient (Wildman–Crippen LogP) is 5.49. The predicted molar refractivity (Wildman–Crippen MR) is 130 cm³/mol. The van der Waals surface area contributed by atoms with Gasteiger partial charge in [0.1, 0.15) is 18.2 Å². The van der Waals surface area contributed by atoms with Crippen molar-refractivity contribution in [3.05, 3.63) is 108 Å². The average molecular weight is 528 g/mol. The molecule has 33 heavy (non-hydrogen) atoms. The van der Waals surface area contributed by atoms with Crippen LogP contribution in [0.3, 0.4) is 0 Å². The fraction of sp³-hybridized carbons (Fsp3) is 0.0870. The van der Waals surface area contributed by atoms with Crippen molar-refractivity contribution in [3.63, 3.8) is 0 Å². The largest absolute Gasteiger partial charge is 0.488 e. The number of non-ortho nitro benzene ring substituents is 1. The zero-order chi connectivity index (χ0) is 23.5. The molecule has 0 fully saturated rings. The van der Waals surface area contributed by atoms with Crippen LogP contribution < -0.4 is 10.3 Å². The number of nitro groups is 1. The van der Waals surface area contributed by atoms with E-state index in [1.807, 2.05) is 18.2 Å². The number of aryl methyl sites for hydroxylation is 1. The van der Waals surface area contributed by atoms with E-state index < -0.39 is 4.92 Å². The molecule has 0 aliphatic rings.